The lowest BCUT2D eigenvalue weighted by atomic mass is 10.0. The molecule has 2 aromatic carbocycles. The first kappa shape index (κ1) is 24.7. The first-order valence-corrected chi connectivity index (χ1v) is 13.0. The third-order valence-electron chi connectivity index (χ3n) is 6.88. The summed E-state index contributed by atoms with van der Waals surface area (Å²) in [5.41, 5.74) is 6.75. The van der Waals surface area contributed by atoms with Crippen LogP contribution >= 0.6 is 0 Å². The third-order valence-corrected chi connectivity index (χ3v) is 6.88. The number of carbonyl (C=O) groups excluding carboxylic acids is 1. The van der Waals surface area contributed by atoms with E-state index in [4.69, 9.17) is 9.72 Å². The highest BCUT2D eigenvalue weighted by molar-refractivity contribution is 6.04. The smallest absolute Gasteiger partial charge is 0.257 e. The highest BCUT2D eigenvalue weighted by Crippen LogP contribution is 2.30. The average molecular weight is 520 g/mol. The van der Waals surface area contributed by atoms with Gasteiger partial charge < -0.3 is 19.8 Å². The van der Waals surface area contributed by atoms with Crippen LogP contribution in [-0.4, -0.2) is 56.5 Å². The molecule has 6 rings (SSSR count). The number of aromatic nitrogens is 4. The summed E-state index contributed by atoms with van der Waals surface area (Å²) in [7, 11) is 0. The zero-order valence-electron chi connectivity index (χ0n) is 21.7. The van der Waals surface area contributed by atoms with Crippen LogP contribution in [-0.2, 0) is 11.3 Å². The van der Waals surface area contributed by atoms with Crippen molar-refractivity contribution in [3.05, 3.63) is 102 Å². The van der Waals surface area contributed by atoms with E-state index >= 15 is 0 Å². The van der Waals surface area contributed by atoms with Gasteiger partial charge in [0, 0.05) is 67.6 Å². The van der Waals surface area contributed by atoms with Crippen molar-refractivity contribution >= 4 is 28.7 Å². The predicted molar refractivity (Wildman–Crippen MR) is 151 cm³/mol. The summed E-state index contributed by atoms with van der Waals surface area (Å²) < 4.78 is 7.41. The first-order chi connectivity index (χ1) is 19.1. The summed E-state index contributed by atoms with van der Waals surface area (Å²) >= 11 is 0. The van der Waals surface area contributed by atoms with Crippen molar-refractivity contribution in [1.82, 2.24) is 24.3 Å². The van der Waals surface area contributed by atoms with Crippen molar-refractivity contribution in [2.75, 3.05) is 36.9 Å². The fraction of sp³-hybridized carbons (Fsp3) is 0.200. The lowest BCUT2D eigenvalue weighted by Gasteiger charge is -2.26. The third kappa shape index (κ3) is 5.50. The molecule has 0 spiro atoms. The molecule has 0 unspecified atom stereocenters. The Kier molecular flexibility index (Phi) is 6.99. The zero-order chi connectivity index (χ0) is 26.6. The van der Waals surface area contributed by atoms with E-state index < -0.39 is 0 Å². The van der Waals surface area contributed by atoms with Crippen LogP contribution in [0.1, 0.15) is 21.5 Å². The number of rotatable bonds is 7. The molecule has 39 heavy (non-hydrogen) atoms. The Hall–Kier alpha value is -4.60. The minimum Gasteiger partial charge on any atom is -0.379 e. The second kappa shape index (κ2) is 11.0. The number of pyridine rings is 1. The lowest BCUT2D eigenvalue weighted by molar-refractivity contribution is 0.0342. The number of morpholine rings is 1. The summed E-state index contributed by atoms with van der Waals surface area (Å²) in [4.78, 5) is 28.7. The van der Waals surface area contributed by atoms with Crippen molar-refractivity contribution in [2.45, 2.75) is 13.5 Å². The Labute approximate surface area is 226 Å². The van der Waals surface area contributed by atoms with E-state index in [1.54, 1.807) is 30.7 Å². The normalized spacial score (nSPS) is 13.9. The van der Waals surface area contributed by atoms with Crippen LogP contribution in [0.15, 0.2) is 85.6 Å². The minimum atomic E-state index is -0.208. The molecule has 0 aliphatic carbocycles. The largest absolute Gasteiger partial charge is 0.379 e. The number of nitrogens with one attached hydrogen (secondary N) is 2. The lowest BCUT2D eigenvalue weighted by Crippen LogP contribution is -2.35. The van der Waals surface area contributed by atoms with Gasteiger partial charge >= 0.3 is 0 Å². The molecule has 1 aliphatic rings. The maximum absolute atomic E-state index is 12.7. The molecule has 1 fully saturated rings. The second-order valence-corrected chi connectivity index (χ2v) is 9.52. The molecule has 0 radical (unpaired) electrons. The number of fused-ring (bicyclic) bond motifs is 1. The molecule has 9 nitrogen and oxygen atoms in total. The maximum atomic E-state index is 12.7. The number of anilines is 3. The molecule has 2 N–H and O–H groups in total. The van der Waals surface area contributed by atoms with Crippen molar-refractivity contribution in [3.8, 4) is 11.3 Å². The number of benzene rings is 2. The van der Waals surface area contributed by atoms with Crippen LogP contribution in [0.25, 0.3) is 16.9 Å². The van der Waals surface area contributed by atoms with Gasteiger partial charge in [-0.3, -0.25) is 14.7 Å². The van der Waals surface area contributed by atoms with Gasteiger partial charge in [-0.05, 0) is 48.4 Å². The summed E-state index contributed by atoms with van der Waals surface area (Å²) in [6, 6.07) is 17.7. The van der Waals surface area contributed by atoms with Crippen LogP contribution in [0.4, 0.5) is 17.2 Å². The molecule has 5 aromatic rings. The number of amides is 1. The van der Waals surface area contributed by atoms with Crippen LogP contribution < -0.4 is 10.6 Å². The Morgan fingerprint density at radius 1 is 1.03 bits per heavy atom. The fourth-order valence-corrected chi connectivity index (χ4v) is 4.73. The van der Waals surface area contributed by atoms with E-state index in [-0.39, 0.29) is 5.91 Å². The van der Waals surface area contributed by atoms with E-state index in [1.165, 1.54) is 5.56 Å². The van der Waals surface area contributed by atoms with Gasteiger partial charge in [-0.25, -0.2) is 9.97 Å². The Morgan fingerprint density at radius 3 is 2.67 bits per heavy atom. The van der Waals surface area contributed by atoms with Crippen molar-refractivity contribution in [1.29, 1.82) is 0 Å². The highest BCUT2D eigenvalue weighted by Gasteiger charge is 2.15. The Bertz CT molecular complexity index is 1590. The van der Waals surface area contributed by atoms with Crippen molar-refractivity contribution in [3.63, 3.8) is 0 Å². The molecule has 1 saturated heterocycles. The maximum Gasteiger partial charge on any atom is 0.257 e. The predicted octanol–water partition coefficient (Wildman–Crippen LogP) is 4.93. The van der Waals surface area contributed by atoms with Crippen LogP contribution in [0.2, 0.25) is 0 Å². The molecular weight excluding hydrogens is 490 g/mol. The number of ether oxygens (including phenoxy) is 1. The van der Waals surface area contributed by atoms with Crippen molar-refractivity contribution < 1.29 is 9.53 Å². The fourth-order valence-electron chi connectivity index (χ4n) is 4.73. The molecule has 0 atom stereocenters. The van der Waals surface area contributed by atoms with Crippen LogP contribution in [0, 0.1) is 6.92 Å². The molecule has 196 valence electrons. The molecule has 1 aliphatic heterocycles. The van der Waals surface area contributed by atoms with Gasteiger partial charge in [-0.2, -0.15) is 0 Å². The van der Waals surface area contributed by atoms with E-state index in [9.17, 15) is 4.79 Å². The van der Waals surface area contributed by atoms with Gasteiger partial charge in [-0.15, -0.1) is 0 Å². The van der Waals surface area contributed by atoms with Gasteiger partial charge in [0.05, 0.1) is 24.5 Å². The Morgan fingerprint density at radius 2 is 1.87 bits per heavy atom. The standard InChI is InChI=1S/C30H29N7O2/c1-21-25(5-2-6-26(21)35-30(38)23-4-3-11-31-18-23)27-20-37-13-12-32-29(37)28(34-27)33-24-9-7-22(8-10-24)19-36-14-16-39-17-15-36/h2-13,18,20H,14-17,19H2,1H3,(H,33,34)(H,35,38). The van der Waals surface area contributed by atoms with E-state index in [1.807, 2.05) is 41.9 Å². The van der Waals surface area contributed by atoms with E-state index in [0.29, 0.717) is 11.4 Å². The number of hydrogen-bond acceptors (Lipinski definition) is 7. The summed E-state index contributed by atoms with van der Waals surface area (Å²) in [6.45, 7) is 6.40. The quantitative estimate of drug-likeness (QED) is 0.315. The molecule has 3 aromatic heterocycles. The molecule has 0 saturated carbocycles. The van der Waals surface area contributed by atoms with Gasteiger partial charge in [0.15, 0.2) is 11.5 Å². The first-order valence-electron chi connectivity index (χ1n) is 13.0. The van der Waals surface area contributed by atoms with Gasteiger partial charge in [0.2, 0.25) is 0 Å². The molecular formula is C30H29N7O2. The molecule has 0 bridgehead atoms. The average Bonchev–Trinajstić information content (AvgIpc) is 3.45. The van der Waals surface area contributed by atoms with Gasteiger partial charge in [-0.1, -0.05) is 24.3 Å². The minimum absolute atomic E-state index is 0.208. The second-order valence-electron chi connectivity index (χ2n) is 9.52. The zero-order valence-corrected chi connectivity index (χ0v) is 21.7. The molecule has 1 amide bonds. The van der Waals surface area contributed by atoms with Crippen LogP contribution in [0.3, 0.4) is 0 Å². The molecule has 4 heterocycles. The number of nitrogens with zero attached hydrogens (tertiary/aromatic N) is 5. The number of carbonyl (C=O) groups is 1. The topological polar surface area (TPSA) is 96.7 Å². The van der Waals surface area contributed by atoms with Crippen LogP contribution in [0.5, 0.6) is 0 Å². The van der Waals surface area contributed by atoms with Gasteiger partial charge in [0.25, 0.3) is 5.91 Å². The SMILES string of the molecule is Cc1c(NC(=O)c2cccnc2)cccc1-c1cn2ccnc2c(Nc2ccc(CN3CCOCC3)cc2)n1. The summed E-state index contributed by atoms with van der Waals surface area (Å²) in [5.74, 6) is 0.448. The Balaban J connectivity index is 1.26. The molecule has 9 heteroatoms. The number of hydrogen-bond donors (Lipinski definition) is 2. The highest BCUT2D eigenvalue weighted by atomic mass is 16.5. The summed E-state index contributed by atoms with van der Waals surface area (Å²) in [6.07, 6.45) is 8.81. The van der Waals surface area contributed by atoms with Crippen molar-refractivity contribution in [2.24, 2.45) is 0 Å². The van der Waals surface area contributed by atoms with E-state index in [2.05, 4.69) is 49.8 Å². The summed E-state index contributed by atoms with van der Waals surface area (Å²) in [5, 5.41) is 6.46. The number of imidazole rings is 1. The van der Waals surface area contributed by atoms with E-state index in [0.717, 1.165) is 66.7 Å². The monoisotopic (exact) mass is 519 g/mol. The van der Waals surface area contributed by atoms with Gasteiger partial charge in [0.1, 0.15) is 0 Å².